The highest BCUT2D eigenvalue weighted by molar-refractivity contribution is 7.89. The van der Waals surface area contributed by atoms with Crippen LogP contribution in [0.15, 0.2) is 40.3 Å². The van der Waals surface area contributed by atoms with Crippen LogP contribution >= 0.6 is 11.3 Å². The van der Waals surface area contributed by atoms with Gasteiger partial charge in [-0.15, -0.1) is 11.3 Å². The van der Waals surface area contributed by atoms with Gasteiger partial charge in [-0.3, -0.25) is 14.2 Å². The summed E-state index contributed by atoms with van der Waals surface area (Å²) < 4.78 is 32.7. The lowest BCUT2D eigenvalue weighted by atomic mass is 10.2. The third-order valence-electron chi connectivity index (χ3n) is 5.17. The summed E-state index contributed by atoms with van der Waals surface area (Å²) in [5.41, 5.74) is 0.419. The third-order valence-corrected chi connectivity index (χ3v) is 8.42. The molecule has 0 fully saturated rings. The molecule has 1 N–H and O–H groups in total. The quantitative estimate of drug-likeness (QED) is 0.442. The number of benzene rings is 1. The summed E-state index contributed by atoms with van der Waals surface area (Å²) in [6.45, 7) is 7.50. The molecule has 2 heterocycles. The van der Waals surface area contributed by atoms with Crippen LogP contribution in [0.25, 0.3) is 10.2 Å². The number of carbonyl (C=O) groups excluding carboxylic acids is 2. The van der Waals surface area contributed by atoms with Crippen molar-refractivity contribution in [1.29, 1.82) is 0 Å². The molecule has 0 aliphatic carbocycles. The molecular weight excluding hydrogens is 480 g/mol. The van der Waals surface area contributed by atoms with E-state index in [1.807, 2.05) is 0 Å². The Morgan fingerprint density at radius 1 is 1.15 bits per heavy atom. The van der Waals surface area contributed by atoms with E-state index >= 15 is 0 Å². The summed E-state index contributed by atoms with van der Waals surface area (Å²) in [5, 5.41) is 2.92. The summed E-state index contributed by atoms with van der Waals surface area (Å²) in [6, 6.07) is 5.84. The van der Waals surface area contributed by atoms with E-state index in [1.54, 1.807) is 27.7 Å². The monoisotopic (exact) mass is 506 g/mol. The standard InChI is InChI=1S/C22H26N4O6S2/c1-5-26(6-2)34(30,31)16-10-8-15(9-11-16)24-17(27)12-25-13-23-20-18(21(25)28)14(4)19(33-20)22(29)32-7-3/h8-11,13H,5-7,12H2,1-4H3,(H,24,27). The number of fused-ring (bicyclic) bond motifs is 1. The molecule has 0 aliphatic heterocycles. The van der Waals surface area contributed by atoms with E-state index in [4.69, 9.17) is 4.74 Å². The number of thiophene rings is 1. The Labute approximate surface area is 201 Å². The molecule has 0 atom stereocenters. The number of nitrogens with zero attached hydrogens (tertiary/aromatic N) is 3. The molecule has 0 saturated carbocycles. The summed E-state index contributed by atoms with van der Waals surface area (Å²) in [6.07, 6.45) is 1.26. The van der Waals surface area contributed by atoms with Crippen LogP contribution in [0.1, 0.15) is 36.0 Å². The minimum Gasteiger partial charge on any atom is -0.462 e. The second kappa shape index (κ2) is 10.5. The number of nitrogens with one attached hydrogen (secondary N) is 1. The van der Waals surface area contributed by atoms with Crippen LogP contribution in [0.2, 0.25) is 0 Å². The highest BCUT2D eigenvalue weighted by atomic mass is 32.2. The molecule has 1 amide bonds. The Morgan fingerprint density at radius 3 is 2.38 bits per heavy atom. The molecule has 0 bridgehead atoms. The van der Waals surface area contributed by atoms with Crippen LogP contribution in [0.5, 0.6) is 0 Å². The van der Waals surface area contributed by atoms with E-state index in [-0.39, 0.29) is 23.4 Å². The van der Waals surface area contributed by atoms with Gasteiger partial charge in [0.15, 0.2) is 0 Å². The largest absolute Gasteiger partial charge is 0.462 e. The fourth-order valence-electron chi connectivity index (χ4n) is 3.44. The van der Waals surface area contributed by atoms with E-state index in [9.17, 15) is 22.8 Å². The first-order valence-corrected chi connectivity index (χ1v) is 12.9. The molecule has 0 saturated heterocycles. The molecule has 34 heavy (non-hydrogen) atoms. The van der Waals surface area contributed by atoms with E-state index in [0.29, 0.717) is 34.0 Å². The van der Waals surface area contributed by atoms with Gasteiger partial charge < -0.3 is 10.1 Å². The maximum absolute atomic E-state index is 12.9. The molecule has 10 nitrogen and oxygen atoms in total. The van der Waals surface area contributed by atoms with Crippen molar-refractivity contribution in [2.24, 2.45) is 0 Å². The number of hydrogen-bond donors (Lipinski definition) is 1. The maximum atomic E-state index is 12.9. The maximum Gasteiger partial charge on any atom is 0.348 e. The number of hydrogen-bond acceptors (Lipinski definition) is 8. The van der Waals surface area contributed by atoms with Crippen LogP contribution in [0.3, 0.4) is 0 Å². The van der Waals surface area contributed by atoms with Gasteiger partial charge >= 0.3 is 5.97 Å². The van der Waals surface area contributed by atoms with Gasteiger partial charge in [-0.05, 0) is 43.7 Å². The number of carbonyl (C=O) groups is 2. The number of anilines is 1. The van der Waals surface area contributed by atoms with Gasteiger partial charge in [0.2, 0.25) is 15.9 Å². The van der Waals surface area contributed by atoms with Gasteiger partial charge in [0, 0.05) is 18.8 Å². The van der Waals surface area contributed by atoms with Crippen molar-refractivity contribution < 1.29 is 22.7 Å². The molecule has 3 rings (SSSR count). The molecule has 12 heteroatoms. The molecule has 182 valence electrons. The van der Waals surface area contributed by atoms with Gasteiger partial charge in [0.25, 0.3) is 5.56 Å². The molecular formula is C22H26N4O6S2. The van der Waals surface area contributed by atoms with Gasteiger partial charge in [0.05, 0.1) is 23.2 Å². The molecule has 0 spiro atoms. The fourth-order valence-corrected chi connectivity index (χ4v) is 5.93. The van der Waals surface area contributed by atoms with E-state index in [2.05, 4.69) is 10.3 Å². The smallest absolute Gasteiger partial charge is 0.348 e. The van der Waals surface area contributed by atoms with Crippen LogP contribution < -0.4 is 10.9 Å². The van der Waals surface area contributed by atoms with E-state index in [0.717, 1.165) is 15.9 Å². The molecule has 0 aliphatic rings. The first kappa shape index (κ1) is 25.5. The minimum atomic E-state index is -3.60. The van der Waals surface area contributed by atoms with Gasteiger partial charge in [-0.25, -0.2) is 18.2 Å². The number of ether oxygens (including phenoxy) is 1. The Morgan fingerprint density at radius 2 is 1.79 bits per heavy atom. The van der Waals surface area contributed by atoms with Crippen molar-refractivity contribution in [2.75, 3.05) is 25.0 Å². The lowest BCUT2D eigenvalue weighted by Crippen LogP contribution is -2.30. The van der Waals surface area contributed by atoms with Gasteiger partial charge in [0.1, 0.15) is 16.3 Å². The Kier molecular flexibility index (Phi) is 7.85. The second-order valence-corrected chi connectivity index (χ2v) is 10.2. The van der Waals surface area contributed by atoms with Crippen LogP contribution in [-0.4, -0.2) is 53.8 Å². The Bertz CT molecular complexity index is 1370. The summed E-state index contributed by atoms with van der Waals surface area (Å²) in [5.74, 6) is -1.00. The van der Waals surface area contributed by atoms with Crippen molar-refractivity contribution in [1.82, 2.24) is 13.9 Å². The zero-order valence-electron chi connectivity index (χ0n) is 19.3. The number of sulfonamides is 1. The zero-order chi connectivity index (χ0) is 25.0. The van der Waals surface area contributed by atoms with Crippen LogP contribution in [-0.2, 0) is 26.1 Å². The van der Waals surface area contributed by atoms with Gasteiger partial charge in [-0.1, -0.05) is 13.8 Å². The molecule has 2 aromatic heterocycles. The van der Waals surface area contributed by atoms with Crippen LogP contribution in [0, 0.1) is 6.92 Å². The highest BCUT2D eigenvalue weighted by Crippen LogP contribution is 2.27. The molecule has 0 radical (unpaired) electrons. The van der Waals surface area contributed by atoms with Crippen LogP contribution in [0.4, 0.5) is 5.69 Å². The van der Waals surface area contributed by atoms with Crippen molar-refractivity contribution >= 4 is 49.1 Å². The number of esters is 1. The Balaban J connectivity index is 1.78. The predicted octanol–water partition coefficient (Wildman–Crippen LogP) is 2.61. The summed E-state index contributed by atoms with van der Waals surface area (Å²) >= 11 is 1.07. The number of aryl methyl sites for hydroxylation is 1. The van der Waals surface area contributed by atoms with Gasteiger partial charge in [-0.2, -0.15) is 4.31 Å². The van der Waals surface area contributed by atoms with Crippen molar-refractivity contribution in [3.05, 3.63) is 51.4 Å². The SMILES string of the molecule is CCOC(=O)c1sc2ncn(CC(=O)Nc3ccc(S(=O)(=O)N(CC)CC)cc3)c(=O)c2c1C. The molecule has 0 unspecified atom stereocenters. The van der Waals surface area contributed by atoms with E-state index < -0.39 is 27.5 Å². The second-order valence-electron chi connectivity index (χ2n) is 7.30. The summed E-state index contributed by atoms with van der Waals surface area (Å²) in [7, 11) is -3.60. The molecule has 3 aromatic rings. The Hall–Kier alpha value is -3.09. The first-order chi connectivity index (χ1) is 16.1. The minimum absolute atomic E-state index is 0.130. The number of rotatable bonds is 9. The third kappa shape index (κ3) is 5.03. The zero-order valence-corrected chi connectivity index (χ0v) is 21.0. The lowest BCUT2D eigenvalue weighted by molar-refractivity contribution is -0.116. The fraction of sp³-hybridized carbons (Fsp3) is 0.364. The topological polar surface area (TPSA) is 128 Å². The lowest BCUT2D eigenvalue weighted by Gasteiger charge is -2.18. The summed E-state index contributed by atoms with van der Waals surface area (Å²) in [4.78, 5) is 42.6. The van der Waals surface area contributed by atoms with Crippen molar-refractivity contribution in [3.8, 4) is 0 Å². The van der Waals surface area contributed by atoms with Crippen molar-refractivity contribution in [2.45, 2.75) is 39.1 Å². The van der Waals surface area contributed by atoms with E-state index in [1.165, 1.54) is 34.9 Å². The first-order valence-electron chi connectivity index (χ1n) is 10.7. The number of aromatic nitrogens is 2. The average Bonchev–Trinajstić information content (AvgIpc) is 3.14. The highest BCUT2D eigenvalue weighted by Gasteiger charge is 2.22. The number of amides is 1. The van der Waals surface area contributed by atoms with Crippen molar-refractivity contribution in [3.63, 3.8) is 0 Å². The predicted molar refractivity (Wildman–Crippen MR) is 130 cm³/mol. The molecule has 1 aromatic carbocycles. The normalized spacial score (nSPS) is 11.7. The average molecular weight is 507 g/mol.